The second-order valence-corrected chi connectivity index (χ2v) is 6.56. The zero-order chi connectivity index (χ0) is 21.3. The Kier molecular flexibility index (Phi) is 5.14. The second kappa shape index (κ2) is 7.90. The molecular formula is C22H21N3O5. The molecule has 3 heterocycles. The van der Waals surface area contributed by atoms with E-state index in [0.29, 0.717) is 33.6 Å². The molecule has 0 saturated heterocycles. The van der Waals surface area contributed by atoms with Crippen molar-refractivity contribution >= 4 is 45.5 Å². The van der Waals surface area contributed by atoms with E-state index in [4.69, 9.17) is 13.9 Å². The monoisotopic (exact) mass is 407 g/mol. The number of anilines is 2. The Labute approximate surface area is 172 Å². The number of ether oxygens (including phenoxy) is 2. The number of carbonyl (C=O) groups is 2. The van der Waals surface area contributed by atoms with Crippen molar-refractivity contribution < 1.29 is 23.5 Å². The van der Waals surface area contributed by atoms with Crippen molar-refractivity contribution in [1.82, 2.24) is 9.55 Å². The Morgan fingerprint density at radius 2 is 1.73 bits per heavy atom. The van der Waals surface area contributed by atoms with E-state index < -0.39 is 11.9 Å². The summed E-state index contributed by atoms with van der Waals surface area (Å²) in [6, 6.07) is 12.6. The van der Waals surface area contributed by atoms with Gasteiger partial charge in [-0.3, -0.25) is 0 Å². The van der Waals surface area contributed by atoms with Crippen molar-refractivity contribution in [3.05, 3.63) is 53.9 Å². The SMILES string of the molecule is CCOC(=O)c1cc2oc3cc(C(=O)OCC)n(C)c3c2c(Nc2ccccc2)n1. The zero-order valence-corrected chi connectivity index (χ0v) is 16.9. The first-order valence-electron chi connectivity index (χ1n) is 9.62. The van der Waals surface area contributed by atoms with Crippen LogP contribution in [-0.4, -0.2) is 34.7 Å². The fourth-order valence-electron chi connectivity index (χ4n) is 3.35. The van der Waals surface area contributed by atoms with Crippen LogP contribution in [-0.2, 0) is 16.5 Å². The zero-order valence-electron chi connectivity index (χ0n) is 16.9. The molecule has 0 aliphatic carbocycles. The third-order valence-corrected chi connectivity index (χ3v) is 4.64. The lowest BCUT2D eigenvalue weighted by molar-refractivity contribution is 0.0508. The highest BCUT2D eigenvalue weighted by Crippen LogP contribution is 2.36. The van der Waals surface area contributed by atoms with Crippen LogP contribution in [0.1, 0.15) is 34.8 Å². The molecule has 154 valence electrons. The number of pyridine rings is 1. The van der Waals surface area contributed by atoms with Crippen molar-refractivity contribution in [2.75, 3.05) is 18.5 Å². The predicted molar refractivity (Wildman–Crippen MR) is 112 cm³/mol. The van der Waals surface area contributed by atoms with E-state index in [9.17, 15) is 9.59 Å². The smallest absolute Gasteiger partial charge is 0.357 e. The van der Waals surface area contributed by atoms with Crippen LogP contribution in [0.15, 0.2) is 46.9 Å². The molecular weight excluding hydrogens is 386 g/mol. The Morgan fingerprint density at radius 1 is 1.03 bits per heavy atom. The van der Waals surface area contributed by atoms with E-state index in [1.807, 2.05) is 30.3 Å². The van der Waals surface area contributed by atoms with Crippen LogP contribution in [0.3, 0.4) is 0 Å². The number of nitrogens with zero attached hydrogens (tertiary/aromatic N) is 2. The van der Waals surface area contributed by atoms with Crippen LogP contribution in [0.5, 0.6) is 0 Å². The molecule has 0 atom stereocenters. The predicted octanol–water partition coefficient (Wildman–Crippen LogP) is 4.42. The van der Waals surface area contributed by atoms with Gasteiger partial charge in [0.15, 0.2) is 11.3 Å². The van der Waals surface area contributed by atoms with Gasteiger partial charge in [-0.15, -0.1) is 0 Å². The van der Waals surface area contributed by atoms with Crippen LogP contribution in [0.2, 0.25) is 0 Å². The Hall–Kier alpha value is -3.81. The summed E-state index contributed by atoms with van der Waals surface area (Å²) >= 11 is 0. The minimum atomic E-state index is -0.539. The van der Waals surface area contributed by atoms with Crippen molar-refractivity contribution in [3.63, 3.8) is 0 Å². The molecule has 0 unspecified atom stereocenters. The van der Waals surface area contributed by atoms with Gasteiger partial charge in [0.1, 0.15) is 17.1 Å². The van der Waals surface area contributed by atoms with Crippen molar-refractivity contribution in [1.29, 1.82) is 0 Å². The molecule has 4 aromatic rings. The van der Waals surface area contributed by atoms with E-state index in [-0.39, 0.29) is 18.9 Å². The first kappa shape index (κ1) is 19.5. The maximum Gasteiger partial charge on any atom is 0.357 e. The van der Waals surface area contributed by atoms with Gasteiger partial charge in [0.25, 0.3) is 0 Å². The van der Waals surface area contributed by atoms with Crippen LogP contribution in [0.25, 0.3) is 22.1 Å². The van der Waals surface area contributed by atoms with Gasteiger partial charge in [-0.1, -0.05) is 18.2 Å². The summed E-state index contributed by atoms with van der Waals surface area (Å²) in [6.07, 6.45) is 0. The number of para-hydroxylation sites is 1. The lowest BCUT2D eigenvalue weighted by Gasteiger charge is -2.10. The minimum absolute atomic E-state index is 0.132. The molecule has 0 saturated carbocycles. The maximum atomic E-state index is 12.3. The average Bonchev–Trinajstić information content (AvgIpc) is 3.25. The molecule has 1 N–H and O–H groups in total. The van der Waals surface area contributed by atoms with E-state index in [1.54, 1.807) is 37.6 Å². The summed E-state index contributed by atoms with van der Waals surface area (Å²) in [5, 5.41) is 3.90. The van der Waals surface area contributed by atoms with Gasteiger partial charge in [0.05, 0.1) is 24.1 Å². The number of nitrogens with one attached hydrogen (secondary N) is 1. The number of aromatic nitrogens is 2. The summed E-state index contributed by atoms with van der Waals surface area (Å²) in [7, 11) is 1.76. The summed E-state index contributed by atoms with van der Waals surface area (Å²) in [6.45, 7) is 4.00. The first-order valence-corrected chi connectivity index (χ1v) is 9.62. The van der Waals surface area contributed by atoms with Crippen LogP contribution in [0.4, 0.5) is 11.5 Å². The Morgan fingerprint density at radius 3 is 2.43 bits per heavy atom. The van der Waals surface area contributed by atoms with Crippen molar-refractivity contribution in [2.24, 2.45) is 7.05 Å². The molecule has 1 aromatic carbocycles. The molecule has 0 radical (unpaired) electrons. The third kappa shape index (κ3) is 3.36. The molecule has 30 heavy (non-hydrogen) atoms. The van der Waals surface area contributed by atoms with Crippen LogP contribution >= 0.6 is 0 Å². The topological polar surface area (TPSA) is 95.6 Å². The molecule has 0 bridgehead atoms. The van der Waals surface area contributed by atoms with Gasteiger partial charge < -0.3 is 23.8 Å². The lowest BCUT2D eigenvalue weighted by Crippen LogP contribution is -2.10. The molecule has 8 nitrogen and oxygen atoms in total. The Bertz CT molecular complexity index is 1240. The molecule has 3 aromatic heterocycles. The van der Waals surface area contributed by atoms with Gasteiger partial charge in [-0.05, 0) is 26.0 Å². The highest BCUT2D eigenvalue weighted by Gasteiger charge is 2.24. The largest absolute Gasteiger partial charge is 0.461 e. The molecule has 4 rings (SSSR count). The molecule has 0 aliphatic rings. The fraction of sp³-hybridized carbons (Fsp3) is 0.227. The number of hydrogen-bond donors (Lipinski definition) is 1. The molecule has 8 heteroatoms. The van der Waals surface area contributed by atoms with E-state index in [1.165, 1.54) is 0 Å². The fourth-order valence-corrected chi connectivity index (χ4v) is 3.35. The standard InChI is InChI=1S/C22H21N3O5/c1-4-28-21(26)14-11-16-18(20(24-14)23-13-9-7-6-8-10-13)19-17(30-16)12-15(25(19)3)22(27)29-5-2/h6-12H,4-5H2,1-3H3,(H,23,24). The second-order valence-electron chi connectivity index (χ2n) is 6.56. The van der Waals surface area contributed by atoms with Crippen LogP contribution in [0, 0.1) is 0 Å². The minimum Gasteiger partial charge on any atom is -0.461 e. The number of furan rings is 1. The summed E-state index contributed by atoms with van der Waals surface area (Å²) in [5.74, 6) is -0.548. The quantitative estimate of drug-likeness (QED) is 0.473. The molecule has 0 spiro atoms. The third-order valence-electron chi connectivity index (χ3n) is 4.64. The summed E-state index contributed by atoms with van der Waals surface area (Å²) in [4.78, 5) is 29.1. The maximum absolute atomic E-state index is 12.3. The van der Waals surface area contributed by atoms with E-state index in [0.717, 1.165) is 5.69 Å². The van der Waals surface area contributed by atoms with Gasteiger partial charge in [-0.2, -0.15) is 0 Å². The average molecular weight is 407 g/mol. The Balaban J connectivity index is 1.93. The lowest BCUT2D eigenvalue weighted by atomic mass is 10.2. The van der Waals surface area contributed by atoms with Crippen LogP contribution < -0.4 is 5.32 Å². The summed E-state index contributed by atoms with van der Waals surface area (Å²) < 4.78 is 17.9. The number of hydrogen-bond acceptors (Lipinski definition) is 7. The van der Waals surface area contributed by atoms with Crippen molar-refractivity contribution in [3.8, 4) is 0 Å². The van der Waals surface area contributed by atoms with Crippen molar-refractivity contribution in [2.45, 2.75) is 13.8 Å². The summed E-state index contributed by atoms with van der Waals surface area (Å²) in [5.41, 5.74) is 2.92. The highest BCUT2D eigenvalue weighted by atomic mass is 16.5. The number of fused-ring (bicyclic) bond motifs is 3. The van der Waals surface area contributed by atoms with E-state index in [2.05, 4.69) is 10.3 Å². The van der Waals surface area contributed by atoms with E-state index >= 15 is 0 Å². The molecule has 0 amide bonds. The first-order chi connectivity index (χ1) is 14.5. The number of benzene rings is 1. The molecule has 0 aliphatic heterocycles. The number of esters is 2. The normalized spacial score (nSPS) is 11.0. The number of carbonyl (C=O) groups excluding carboxylic acids is 2. The highest BCUT2D eigenvalue weighted by molar-refractivity contribution is 6.13. The van der Waals surface area contributed by atoms with Gasteiger partial charge in [0.2, 0.25) is 0 Å². The van der Waals surface area contributed by atoms with Gasteiger partial charge in [0, 0.05) is 24.9 Å². The number of rotatable bonds is 6. The van der Waals surface area contributed by atoms with Gasteiger partial charge in [-0.25, -0.2) is 14.6 Å². The number of aryl methyl sites for hydroxylation is 1. The molecule has 0 fully saturated rings. The van der Waals surface area contributed by atoms with Gasteiger partial charge >= 0.3 is 11.9 Å².